The van der Waals surface area contributed by atoms with E-state index in [4.69, 9.17) is 9.47 Å². The summed E-state index contributed by atoms with van der Waals surface area (Å²) in [6, 6.07) is 9.97. The fourth-order valence-corrected chi connectivity index (χ4v) is 4.28. The minimum absolute atomic E-state index is 0.242. The maximum Gasteiger partial charge on any atom is 0.262 e. The van der Waals surface area contributed by atoms with Crippen LogP contribution < -0.4 is 14.8 Å². The van der Waals surface area contributed by atoms with Gasteiger partial charge in [-0.05, 0) is 48.9 Å². The number of nitrogens with zero attached hydrogens (tertiary/aromatic N) is 2. The largest absolute Gasteiger partial charge is 0.493 e. The van der Waals surface area contributed by atoms with E-state index in [1.54, 1.807) is 11.0 Å². The van der Waals surface area contributed by atoms with Gasteiger partial charge in [0.15, 0.2) is 18.1 Å². The number of amides is 2. The molecule has 1 saturated heterocycles. The molecule has 2 aromatic rings. The normalized spacial score (nSPS) is 14.9. The standard InChI is InChI=1S/C22H26FN3O6S/c1-31-20-14-16(22(28)25-10-3-11-26(13-12-25)33(2,29)30)4-9-19(20)32-15-21(27)24-18-7-5-17(23)6-8-18/h4-9,14H,3,10-13,15H2,1-2H3,(H,24,27). The summed E-state index contributed by atoms with van der Waals surface area (Å²) < 4.78 is 48.7. The van der Waals surface area contributed by atoms with Crippen LogP contribution in [0.5, 0.6) is 11.5 Å². The van der Waals surface area contributed by atoms with Crippen molar-refractivity contribution in [3.63, 3.8) is 0 Å². The highest BCUT2D eigenvalue weighted by Crippen LogP contribution is 2.29. The quantitative estimate of drug-likeness (QED) is 0.651. The summed E-state index contributed by atoms with van der Waals surface area (Å²) in [4.78, 5) is 26.7. The zero-order valence-corrected chi connectivity index (χ0v) is 19.2. The van der Waals surface area contributed by atoms with Gasteiger partial charge in [0.1, 0.15) is 5.82 Å². The molecule has 2 aromatic carbocycles. The third kappa shape index (κ3) is 6.65. The summed E-state index contributed by atoms with van der Waals surface area (Å²) in [6.45, 7) is 1.03. The minimum atomic E-state index is -3.31. The third-order valence-electron chi connectivity index (χ3n) is 5.11. The first-order valence-corrected chi connectivity index (χ1v) is 12.1. The van der Waals surface area contributed by atoms with E-state index in [1.165, 1.54) is 47.8 Å². The Kier molecular flexibility index (Phi) is 7.88. The van der Waals surface area contributed by atoms with E-state index >= 15 is 0 Å². The topological polar surface area (TPSA) is 105 Å². The van der Waals surface area contributed by atoms with Crippen molar-refractivity contribution in [3.8, 4) is 11.5 Å². The van der Waals surface area contributed by atoms with Crippen molar-refractivity contribution in [1.82, 2.24) is 9.21 Å². The van der Waals surface area contributed by atoms with Gasteiger partial charge < -0.3 is 19.7 Å². The van der Waals surface area contributed by atoms with Gasteiger partial charge in [0.25, 0.3) is 11.8 Å². The Labute approximate surface area is 192 Å². The minimum Gasteiger partial charge on any atom is -0.493 e. The smallest absolute Gasteiger partial charge is 0.262 e. The number of benzene rings is 2. The summed E-state index contributed by atoms with van der Waals surface area (Å²) >= 11 is 0. The third-order valence-corrected chi connectivity index (χ3v) is 6.41. The Balaban J connectivity index is 1.62. The van der Waals surface area contributed by atoms with Gasteiger partial charge in [-0.1, -0.05) is 0 Å². The molecule has 11 heteroatoms. The average Bonchev–Trinajstić information content (AvgIpc) is 3.05. The number of hydrogen-bond donors (Lipinski definition) is 1. The van der Waals surface area contributed by atoms with Crippen LogP contribution in [0.3, 0.4) is 0 Å². The SMILES string of the molecule is COc1cc(C(=O)N2CCCN(S(C)(=O)=O)CC2)ccc1OCC(=O)Nc1ccc(F)cc1. The van der Waals surface area contributed by atoms with Gasteiger partial charge in [0.05, 0.1) is 13.4 Å². The van der Waals surface area contributed by atoms with Gasteiger partial charge in [-0.3, -0.25) is 9.59 Å². The Morgan fingerprint density at radius 2 is 1.76 bits per heavy atom. The number of hydrogen-bond acceptors (Lipinski definition) is 6. The van der Waals surface area contributed by atoms with Gasteiger partial charge in [-0.25, -0.2) is 17.1 Å². The highest BCUT2D eigenvalue weighted by Gasteiger charge is 2.25. The summed E-state index contributed by atoms with van der Waals surface area (Å²) in [5.41, 5.74) is 0.799. The van der Waals surface area contributed by atoms with Crippen LogP contribution in [0.2, 0.25) is 0 Å². The van der Waals surface area contributed by atoms with E-state index in [0.29, 0.717) is 30.8 Å². The second kappa shape index (κ2) is 10.6. The molecule has 1 heterocycles. The molecule has 0 unspecified atom stereocenters. The number of halogens is 1. The lowest BCUT2D eigenvalue weighted by Crippen LogP contribution is -2.36. The lowest BCUT2D eigenvalue weighted by molar-refractivity contribution is -0.118. The van der Waals surface area contributed by atoms with Gasteiger partial charge in [0.2, 0.25) is 10.0 Å². The summed E-state index contributed by atoms with van der Waals surface area (Å²) in [6.07, 6.45) is 1.70. The van der Waals surface area contributed by atoms with Crippen LogP contribution >= 0.6 is 0 Å². The Bertz CT molecular complexity index is 1110. The molecule has 1 N–H and O–H groups in total. The molecule has 9 nitrogen and oxygen atoms in total. The van der Waals surface area contributed by atoms with E-state index < -0.39 is 21.7 Å². The molecule has 178 valence electrons. The van der Waals surface area contributed by atoms with Crippen molar-refractivity contribution >= 4 is 27.5 Å². The molecule has 0 spiro atoms. The Morgan fingerprint density at radius 1 is 1.03 bits per heavy atom. The molecule has 1 fully saturated rings. The van der Waals surface area contributed by atoms with Crippen LogP contribution in [0.25, 0.3) is 0 Å². The maximum absolute atomic E-state index is 13.0. The van der Waals surface area contributed by atoms with Crippen molar-refractivity contribution in [1.29, 1.82) is 0 Å². The molecule has 3 rings (SSSR count). The van der Waals surface area contributed by atoms with Crippen LogP contribution in [0.4, 0.5) is 10.1 Å². The molecule has 2 amide bonds. The molecule has 0 atom stereocenters. The van der Waals surface area contributed by atoms with E-state index in [1.807, 2.05) is 0 Å². The molecule has 0 aromatic heterocycles. The number of carbonyl (C=O) groups is 2. The number of nitrogens with one attached hydrogen (secondary N) is 1. The Hall–Kier alpha value is -3.18. The first-order valence-electron chi connectivity index (χ1n) is 10.3. The van der Waals surface area contributed by atoms with Gasteiger partial charge in [0, 0.05) is 37.4 Å². The fourth-order valence-electron chi connectivity index (χ4n) is 3.40. The number of ether oxygens (including phenoxy) is 2. The molecular weight excluding hydrogens is 453 g/mol. The van der Waals surface area contributed by atoms with Crippen molar-refractivity contribution in [2.45, 2.75) is 6.42 Å². The van der Waals surface area contributed by atoms with Crippen LogP contribution in [0, 0.1) is 5.82 Å². The van der Waals surface area contributed by atoms with E-state index in [9.17, 15) is 22.4 Å². The van der Waals surface area contributed by atoms with Gasteiger partial charge in [-0.2, -0.15) is 0 Å². The number of carbonyl (C=O) groups excluding carboxylic acids is 2. The molecule has 1 aliphatic heterocycles. The van der Waals surface area contributed by atoms with E-state index in [2.05, 4.69) is 5.32 Å². The summed E-state index contributed by atoms with van der Waals surface area (Å²) in [5, 5.41) is 2.59. The lowest BCUT2D eigenvalue weighted by Gasteiger charge is -2.21. The predicted octanol–water partition coefficient (Wildman–Crippen LogP) is 1.96. The fraction of sp³-hybridized carbons (Fsp3) is 0.364. The van der Waals surface area contributed by atoms with E-state index in [-0.39, 0.29) is 37.1 Å². The number of methoxy groups -OCH3 is 1. The molecule has 0 saturated carbocycles. The highest BCUT2D eigenvalue weighted by molar-refractivity contribution is 7.88. The highest BCUT2D eigenvalue weighted by atomic mass is 32.2. The lowest BCUT2D eigenvalue weighted by atomic mass is 10.1. The molecule has 0 aliphatic carbocycles. The van der Waals surface area contributed by atoms with Crippen LogP contribution in [-0.4, -0.2) is 75.6 Å². The predicted molar refractivity (Wildman–Crippen MR) is 120 cm³/mol. The number of sulfonamides is 1. The summed E-state index contributed by atoms with van der Waals surface area (Å²) in [5.74, 6) is -0.532. The molecule has 1 aliphatic rings. The molecule has 0 radical (unpaired) electrons. The van der Waals surface area contributed by atoms with Gasteiger partial charge in [-0.15, -0.1) is 0 Å². The first-order chi connectivity index (χ1) is 15.7. The molecule has 33 heavy (non-hydrogen) atoms. The van der Waals surface area contributed by atoms with Crippen molar-refractivity contribution in [2.24, 2.45) is 0 Å². The van der Waals surface area contributed by atoms with Crippen molar-refractivity contribution in [2.75, 3.05) is 51.5 Å². The Morgan fingerprint density at radius 3 is 2.42 bits per heavy atom. The van der Waals surface area contributed by atoms with Crippen LogP contribution in [0.1, 0.15) is 16.8 Å². The second-order valence-electron chi connectivity index (χ2n) is 7.52. The molecular formula is C22H26FN3O6S. The number of rotatable bonds is 7. The second-order valence-corrected chi connectivity index (χ2v) is 9.50. The zero-order chi connectivity index (χ0) is 24.0. The molecule has 0 bridgehead atoms. The average molecular weight is 480 g/mol. The number of anilines is 1. The van der Waals surface area contributed by atoms with Crippen LogP contribution in [-0.2, 0) is 14.8 Å². The van der Waals surface area contributed by atoms with Crippen molar-refractivity contribution in [3.05, 3.63) is 53.8 Å². The van der Waals surface area contributed by atoms with Gasteiger partial charge >= 0.3 is 0 Å². The van der Waals surface area contributed by atoms with Crippen LogP contribution in [0.15, 0.2) is 42.5 Å². The first kappa shape index (κ1) is 24.5. The monoisotopic (exact) mass is 479 g/mol. The zero-order valence-electron chi connectivity index (χ0n) is 18.4. The van der Waals surface area contributed by atoms with Crippen molar-refractivity contribution < 1.29 is 31.9 Å². The summed E-state index contributed by atoms with van der Waals surface area (Å²) in [7, 11) is -1.88. The maximum atomic E-state index is 13.0. The van der Waals surface area contributed by atoms with E-state index in [0.717, 1.165) is 6.26 Å².